The third-order valence-corrected chi connectivity index (χ3v) is 4.36. The highest BCUT2D eigenvalue weighted by Gasteiger charge is 2.25. The molecule has 0 aliphatic heterocycles. The van der Waals surface area contributed by atoms with Crippen LogP contribution < -0.4 is 5.32 Å². The summed E-state index contributed by atoms with van der Waals surface area (Å²) in [5.41, 5.74) is 1.19. The van der Waals surface area contributed by atoms with Gasteiger partial charge < -0.3 is 5.32 Å². The van der Waals surface area contributed by atoms with Crippen LogP contribution in [0.25, 0.3) is 0 Å². The van der Waals surface area contributed by atoms with Gasteiger partial charge >= 0.3 is 0 Å². The lowest BCUT2D eigenvalue weighted by Gasteiger charge is -2.29. The fourth-order valence-electron chi connectivity index (χ4n) is 2.32. The molecule has 16 heavy (non-hydrogen) atoms. The van der Waals surface area contributed by atoms with Gasteiger partial charge in [-0.15, -0.1) is 5.10 Å². The van der Waals surface area contributed by atoms with Crippen molar-refractivity contribution >= 4 is 11.5 Å². The maximum absolute atomic E-state index is 4.22. The topological polar surface area (TPSA) is 37.8 Å². The van der Waals surface area contributed by atoms with E-state index in [-0.39, 0.29) is 0 Å². The van der Waals surface area contributed by atoms with Crippen LogP contribution in [-0.2, 0) is 6.42 Å². The fraction of sp³-hybridized carbons (Fsp3) is 0.833. The van der Waals surface area contributed by atoms with Crippen LogP contribution in [0, 0.1) is 5.92 Å². The van der Waals surface area contributed by atoms with E-state index in [4.69, 9.17) is 0 Å². The van der Waals surface area contributed by atoms with E-state index in [0.717, 1.165) is 18.9 Å². The van der Waals surface area contributed by atoms with Crippen molar-refractivity contribution in [2.75, 3.05) is 6.54 Å². The number of rotatable bonds is 6. The molecule has 2 rings (SSSR count). The normalized spacial score (nSPS) is 18.4. The first-order chi connectivity index (χ1) is 7.85. The average molecular weight is 239 g/mol. The van der Waals surface area contributed by atoms with Crippen molar-refractivity contribution < 1.29 is 0 Å². The van der Waals surface area contributed by atoms with Gasteiger partial charge in [0.25, 0.3) is 0 Å². The monoisotopic (exact) mass is 239 g/mol. The molecule has 0 radical (unpaired) electrons. The maximum atomic E-state index is 4.22. The summed E-state index contributed by atoms with van der Waals surface area (Å²) in [6, 6.07) is 0.491. The predicted molar refractivity (Wildman–Crippen MR) is 67.7 cm³/mol. The van der Waals surface area contributed by atoms with E-state index in [1.807, 2.05) is 0 Å². The van der Waals surface area contributed by atoms with Gasteiger partial charge in [0.05, 0.1) is 10.6 Å². The van der Waals surface area contributed by atoms with Crippen molar-refractivity contribution in [3.63, 3.8) is 0 Å². The summed E-state index contributed by atoms with van der Waals surface area (Å²) < 4.78 is 4.10. The summed E-state index contributed by atoms with van der Waals surface area (Å²) >= 11 is 1.58. The van der Waals surface area contributed by atoms with Gasteiger partial charge in [-0.1, -0.05) is 37.6 Å². The predicted octanol–water partition coefficient (Wildman–Crippen LogP) is 2.94. The summed E-state index contributed by atoms with van der Waals surface area (Å²) in [5.74, 6) is 0.927. The Kier molecular flexibility index (Phi) is 4.29. The number of hydrogen-bond acceptors (Lipinski definition) is 4. The van der Waals surface area contributed by atoms with Gasteiger partial charge in [-0.05, 0) is 36.8 Å². The van der Waals surface area contributed by atoms with Crippen LogP contribution in [0.2, 0.25) is 0 Å². The van der Waals surface area contributed by atoms with Crippen LogP contribution >= 0.6 is 11.5 Å². The minimum atomic E-state index is 0.491. The summed E-state index contributed by atoms with van der Waals surface area (Å²) in [6.45, 7) is 5.36. The molecule has 1 aliphatic carbocycles. The molecule has 1 aromatic heterocycles. The van der Waals surface area contributed by atoms with Crippen LogP contribution in [0.5, 0.6) is 0 Å². The van der Waals surface area contributed by atoms with Gasteiger partial charge in [0, 0.05) is 6.04 Å². The van der Waals surface area contributed by atoms with Gasteiger partial charge in [0.2, 0.25) is 0 Å². The third-order valence-electron chi connectivity index (χ3n) is 3.48. The molecule has 0 spiro atoms. The number of aryl methyl sites for hydroxylation is 1. The first kappa shape index (κ1) is 12.0. The van der Waals surface area contributed by atoms with E-state index in [0.29, 0.717) is 6.04 Å². The largest absolute Gasteiger partial charge is 0.309 e. The van der Waals surface area contributed by atoms with Crippen LogP contribution in [0.4, 0.5) is 0 Å². The van der Waals surface area contributed by atoms with Crippen LogP contribution in [0.15, 0.2) is 0 Å². The smallest absolute Gasteiger partial charge is 0.0800 e. The highest BCUT2D eigenvalue weighted by molar-refractivity contribution is 7.05. The Hall–Kier alpha value is -0.480. The van der Waals surface area contributed by atoms with Crippen LogP contribution in [0.3, 0.4) is 0 Å². The zero-order valence-corrected chi connectivity index (χ0v) is 11.0. The molecule has 1 N–H and O–H groups in total. The van der Waals surface area contributed by atoms with Crippen LogP contribution in [0.1, 0.15) is 56.1 Å². The summed E-state index contributed by atoms with van der Waals surface area (Å²) in [4.78, 5) is 1.37. The van der Waals surface area contributed by atoms with Gasteiger partial charge in [-0.25, -0.2) is 0 Å². The zero-order chi connectivity index (χ0) is 11.4. The quantitative estimate of drug-likeness (QED) is 0.829. The molecule has 1 atom stereocenters. The molecule has 1 aliphatic rings. The lowest BCUT2D eigenvalue weighted by molar-refractivity contribution is 0.263. The minimum absolute atomic E-state index is 0.491. The SMILES string of the molecule is CCNC(CC1CCC1)c1snnc1CC. The van der Waals surface area contributed by atoms with Gasteiger partial charge in [-0.2, -0.15) is 0 Å². The maximum Gasteiger partial charge on any atom is 0.0800 e. The summed E-state index contributed by atoms with van der Waals surface area (Å²) in [5, 5.41) is 7.81. The molecule has 3 nitrogen and oxygen atoms in total. The van der Waals surface area contributed by atoms with Crippen LogP contribution in [-0.4, -0.2) is 16.1 Å². The average Bonchev–Trinajstić information content (AvgIpc) is 2.69. The second-order valence-corrected chi connectivity index (χ2v) is 5.37. The molecular formula is C12H21N3S. The Balaban J connectivity index is 2.04. The molecule has 1 aromatic rings. The molecule has 0 bridgehead atoms. The van der Waals surface area contributed by atoms with E-state index in [1.165, 1.54) is 36.3 Å². The number of aromatic nitrogens is 2. The van der Waals surface area contributed by atoms with Crippen molar-refractivity contribution in [3.8, 4) is 0 Å². The van der Waals surface area contributed by atoms with Crippen molar-refractivity contribution in [1.29, 1.82) is 0 Å². The molecule has 90 valence electrons. The van der Waals surface area contributed by atoms with Crippen molar-refractivity contribution in [1.82, 2.24) is 14.9 Å². The molecule has 0 amide bonds. The van der Waals surface area contributed by atoms with E-state index in [1.54, 1.807) is 11.5 Å². The van der Waals surface area contributed by atoms with Crippen molar-refractivity contribution in [2.45, 2.75) is 52.0 Å². The molecule has 1 heterocycles. The summed E-state index contributed by atoms with van der Waals surface area (Å²) in [7, 11) is 0. The second-order valence-electron chi connectivity index (χ2n) is 4.58. The van der Waals surface area contributed by atoms with E-state index in [2.05, 4.69) is 28.8 Å². The lowest BCUT2D eigenvalue weighted by atomic mass is 9.80. The zero-order valence-electron chi connectivity index (χ0n) is 10.2. The first-order valence-electron chi connectivity index (χ1n) is 6.39. The number of hydrogen-bond donors (Lipinski definition) is 1. The van der Waals surface area contributed by atoms with Gasteiger partial charge in [-0.3, -0.25) is 0 Å². The van der Waals surface area contributed by atoms with E-state index in [9.17, 15) is 0 Å². The lowest BCUT2D eigenvalue weighted by Crippen LogP contribution is -2.26. The second kappa shape index (κ2) is 5.73. The van der Waals surface area contributed by atoms with E-state index >= 15 is 0 Å². The molecule has 0 saturated heterocycles. The Morgan fingerprint density at radius 2 is 2.25 bits per heavy atom. The minimum Gasteiger partial charge on any atom is -0.309 e. The standard InChI is InChI=1S/C12H21N3S/c1-3-10-12(16-15-14-10)11(13-4-2)8-9-6-5-7-9/h9,11,13H,3-8H2,1-2H3. The van der Waals surface area contributed by atoms with E-state index < -0.39 is 0 Å². The Labute approximate surface area is 102 Å². The highest BCUT2D eigenvalue weighted by Crippen LogP contribution is 2.36. The van der Waals surface area contributed by atoms with Crippen molar-refractivity contribution in [3.05, 3.63) is 10.6 Å². The van der Waals surface area contributed by atoms with Gasteiger partial charge in [0.15, 0.2) is 0 Å². The Morgan fingerprint density at radius 3 is 2.81 bits per heavy atom. The summed E-state index contributed by atoms with van der Waals surface area (Å²) in [6.07, 6.45) is 6.51. The number of nitrogens with zero attached hydrogens (tertiary/aromatic N) is 2. The fourth-order valence-corrected chi connectivity index (χ4v) is 3.14. The molecule has 4 heteroatoms. The molecular weight excluding hydrogens is 218 g/mol. The Bertz CT molecular complexity index is 320. The Morgan fingerprint density at radius 1 is 1.44 bits per heavy atom. The first-order valence-corrected chi connectivity index (χ1v) is 7.17. The van der Waals surface area contributed by atoms with Gasteiger partial charge in [0.1, 0.15) is 0 Å². The third kappa shape index (κ3) is 2.61. The van der Waals surface area contributed by atoms with Crippen molar-refractivity contribution in [2.24, 2.45) is 5.92 Å². The number of nitrogens with one attached hydrogen (secondary N) is 1. The molecule has 1 unspecified atom stereocenters. The molecule has 1 fully saturated rings. The molecule has 1 saturated carbocycles. The highest BCUT2D eigenvalue weighted by atomic mass is 32.1. The molecule has 0 aromatic carbocycles.